The van der Waals surface area contributed by atoms with E-state index in [9.17, 15) is 13.2 Å². The molecule has 1 aromatic carbocycles. The largest absolute Gasteiger partial charge is 0.573 e. The first-order valence-electron chi connectivity index (χ1n) is 7.29. The molecule has 2 heterocycles. The molecule has 4 nitrogen and oxygen atoms in total. The fraction of sp³-hybridized carbons (Fsp3) is 0.533. The number of aryl methyl sites for hydroxylation is 1. The molecule has 0 N–H and O–H groups in total. The highest BCUT2D eigenvalue weighted by molar-refractivity contribution is 5.77. The van der Waals surface area contributed by atoms with Crippen LogP contribution in [0.1, 0.15) is 19.2 Å². The third-order valence-corrected chi connectivity index (χ3v) is 3.84. The van der Waals surface area contributed by atoms with Crippen LogP contribution >= 0.6 is 0 Å². The minimum Gasteiger partial charge on any atom is -0.406 e. The van der Waals surface area contributed by atoms with Crippen LogP contribution < -0.4 is 4.74 Å². The van der Waals surface area contributed by atoms with Crippen molar-refractivity contribution in [3.8, 4) is 5.75 Å². The van der Waals surface area contributed by atoms with Crippen molar-refractivity contribution < 1.29 is 22.6 Å². The highest BCUT2D eigenvalue weighted by atomic mass is 19.4. The summed E-state index contributed by atoms with van der Waals surface area (Å²) in [5.74, 6) is 1.07. The van der Waals surface area contributed by atoms with Crippen LogP contribution in [0.4, 0.5) is 13.2 Å². The number of imidazole rings is 1. The molecule has 1 aliphatic rings. The maximum Gasteiger partial charge on any atom is 0.573 e. The number of nitrogens with zero attached hydrogens (tertiary/aromatic N) is 2. The van der Waals surface area contributed by atoms with Crippen LogP contribution in [-0.2, 0) is 17.7 Å². The Hall–Kier alpha value is -1.76. The Kier molecular flexibility index (Phi) is 3.99. The van der Waals surface area contributed by atoms with E-state index in [4.69, 9.17) is 4.74 Å². The fourth-order valence-corrected chi connectivity index (χ4v) is 2.87. The molecular formula is C15H17F3N2O2. The number of halogens is 3. The number of hydrogen-bond acceptors (Lipinski definition) is 3. The van der Waals surface area contributed by atoms with E-state index in [2.05, 4.69) is 9.72 Å². The van der Waals surface area contributed by atoms with Gasteiger partial charge in [0, 0.05) is 32.2 Å². The monoisotopic (exact) mass is 314 g/mol. The zero-order valence-corrected chi connectivity index (χ0v) is 12.2. The predicted octanol–water partition coefficient (Wildman–Crippen LogP) is 3.53. The summed E-state index contributed by atoms with van der Waals surface area (Å²) in [5.41, 5.74) is 1.35. The highest BCUT2D eigenvalue weighted by Gasteiger charge is 2.31. The smallest absolute Gasteiger partial charge is 0.406 e. The van der Waals surface area contributed by atoms with Crippen LogP contribution in [0, 0.1) is 5.92 Å². The predicted molar refractivity (Wildman–Crippen MR) is 74.7 cm³/mol. The van der Waals surface area contributed by atoms with Gasteiger partial charge in [-0.1, -0.05) is 0 Å². The third kappa shape index (κ3) is 3.19. The molecule has 0 saturated carbocycles. The number of benzene rings is 1. The first-order chi connectivity index (χ1) is 10.5. The second-order valence-corrected chi connectivity index (χ2v) is 5.40. The van der Waals surface area contributed by atoms with E-state index in [1.165, 1.54) is 12.1 Å². The quantitative estimate of drug-likeness (QED) is 0.866. The lowest BCUT2D eigenvalue weighted by Gasteiger charge is -2.10. The zero-order chi connectivity index (χ0) is 15.7. The highest BCUT2D eigenvalue weighted by Crippen LogP contribution is 2.28. The molecule has 1 atom stereocenters. The van der Waals surface area contributed by atoms with Crippen LogP contribution in [-0.4, -0.2) is 29.1 Å². The van der Waals surface area contributed by atoms with Crippen molar-refractivity contribution in [2.45, 2.75) is 32.7 Å². The summed E-state index contributed by atoms with van der Waals surface area (Å²) in [4.78, 5) is 4.50. The van der Waals surface area contributed by atoms with Crippen molar-refractivity contribution in [2.75, 3.05) is 13.2 Å². The summed E-state index contributed by atoms with van der Waals surface area (Å²) in [6.45, 7) is 4.20. The van der Waals surface area contributed by atoms with Gasteiger partial charge in [-0.05, 0) is 31.4 Å². The van der Waals surface area contributed by atoms with E-state index < -0.39 is 6.36 Å². The molecule has 0 bridgehead atoms. The summed E-state index contributed by atoms with van der Waals surface area (Å²) >= 11 is 0. The summed E-state index contributed by atoms with van der Waals surface area (Å²) in [7, 11) is 0. The normalized spacial score (nSPS) is 19.0. The molecule has 0 radical (unpaired) electrons. The molecule has 0 unspecified atom stereocenters. The van der Waals surface area contributed by atoms with E-state index in [0.717, 1.165) is 43.9 Å². The van der Waals surface area contributed by atoms with Gasteiger partial charge >= 0.3 is 6.36 Å². The van der Waals surface area contributed by atoms with E-state index in [1.54, 1.807) is 6.07 Å². The zero-order valence-electron chi connectivity index (χ0n) is 12.2. The number of fused-ring (bicyclic) bond motifs is 1. The second-order valence-electron chi connectivity index (χ2n) is 5.40. The lowest BCUT2D eigenvalue weighted by molar-refractivity contribution is -0.274. The summed E-state index contributed by atoms with van der Waals surface area (Å²) in [5, 5.41) is 0. The first kappa shape index (κ1) is 15.1. The molecule has 3 rings (SSSR count). The molecule has 7 heteroatoms. The van der Waals surface area contributed by atoms with Crippen LogP contribution in [0.2, 0.25) is 0 Å². The van der Waals surface area contributed by atoms with Gasteiger partial charge in [-0.15, -0.1) is 13.2 Å². The molecule has 1 aromatic heterocycles. The number of aromatic nitrogens is 2. The van der Waals surface area contributed by atoms with Crippen LogP contribution in [0.25, 0.3) is 11.0 Å². The average Bonchev–Trinajstić information content (AvgIpc) is 3.03. The number of ether oxygens (including phenoxy) is 2. The summed E-state index contributed by atoms with van der Waals surface area (Å²) < 4.78 is 48.3. The minimum atomic E-state index is -4.69. The van der Waals surface area contributed by atoms with Gasteiger partial charge in [0.25, 0.3) is 0 Å². The third-order valence-electron chi connectivity index (χ3n) is 3.84. The Balaban J connectivity index is 1.92. The standard InChI is InChI=1S/C15H17F3N2O2/c1-2-20-13-4-3-11(22-15(16,17)18)8-12(13)19-14(20)7-10-5-6-21-9-10/h3-4,8,10H,2,5-7,9H2,1H3/t10-/m1/s1. The molecule has 0 aliphatic carbocycles. The Morgan fingerprint density at radius 3 is 2.86 bits per heavy atom. The molecule has 1 aliphatic heterocycles. The summed E-state index contributed by atoms with van der Waals surface area (Å²) in [6, 6.07) is 4.29. The van der Waals surface area contributed by atoms with Crippen LogP contribution in [0.15, 0.2) is 18.2 Å². The molecule has 2 aromatic rings. The van der Waals surface area contributed by atoms with Gasteiger partial charge in [0.15, 0.2) is 0 Å². The van der Waals surface area contributed by atoms with Gasteiger partial charge in [0.05, 0.1) is 11.0 Å². The maximum absolute atomic E-state index is 12.3. The lowest BCUT2D eigenvalue weighted by atomic mass is 10.1. The minimum absolute atomic E-state index is 0.239. The lowest BCUT2D eigenvalue weighted by Crippen LogP contribution is -2.17. The molecule has 0 spiro atoms. The number of alkyl halides is 3. The maximum atomic E-state index is 12.3. The van der Waals surface area contributed by atoms with E-state index in [1.807, 2.05) is 11.5 Å². The number of rotatable bonds is 4. The Bertz CT molecular complexity index is 661. The number of hydrogen-bond donors (Lipinski definition) is 0. The molecule has 120 valence electrons. The van der Waals surface area contributed by atoms with Crippen LogP contribution in [0.3, 0.4) is 0 Å². The average molecular weight is 314 g/mol. The first-order valence-corrected chi connectivity index (χ1v) is 7.29. The Labute approximate surface area is 125 Å². The molecule has 1 saturated heterocycles. The topological polar surface area (TPSA) is 36.3 Å². The van der Waals surface area contributed by atoms with Crippen LogP contribution in [0.5, 0.6) is 5.75 Å². The Morgan fingerprint density at radius 2 is 2.23 bits per heavy atom. The fourth-order valence-electron chi connectivity index (χ4n) is 2.87. The second kappa shape index (κ2) is 5.79. The SMILES string of the molecule is CCn1c(C[C@H]2CCOC2)nc2cc(OC(F)(F)F)ccc21. The van der Waals surface area contributed by atoms with Gasteiger partial charge in [-0.3, -0.25) is 0 Å². The molecule has 22 heavy (non-hydrogen) atoms. The van der Waals surface area contributed by atoms with Crippen molar-refractivity contribution in [1.29, 1.82) is 0 Å². The van der Waals surface area contributed by atoms with Gasteiger partial charge < -0.3 is 14.0 Å². The molecule has 1 fully saturated rings. The summed E-state index contributed by atoms with van der Waals surface area (Å²) in [6.07, 6.45) is -2.92. The Morgan fingerprint density at radius 1 is 1.41 bits per heavy atom. The van der Waals surface area contributed by atoms with Gasteiger partial charge in [0.2, 0.25) is 0 Å². The van der Waals surface area contributed by atoms with Gasteiger partial charge in [0.1, 0.15) is 11.6 Å². The van der Waals surface area contributed by atoms with E-state index >= 15 is 0 Å². The van der Waals surface area contributed by atoms with Crippen molar-refractivity contribution >= 4 is 11.0 Å². The van der Waals surface area contributed by atoms with Crippen molar-refractivity contribution in [2.24, 2.45) is 5.92 Å². The van der Waals surface area contributed by atoms with Crippen molar-refractivity contribution in [3.63, 3.8) is 0 Å². The van der Waals surface area contributed by atoms with Crippen molar-refractivity contribution in [1.82, 2.24) is 9.55 Å². The van der Waals surface area contributed by atoms with E-state index in [0.29, 0.717) is 11.4 Å². The van der Waals surface area contributed by atoms with Gasteiger partial charge in [-0.25, -0.2) is 4.98 Å². The molecule has 0 amide bonds. The molecular weight excluding hydrogens is 297 g/mol. The van der Waals surface area contributed by atoms with Gasteiger partial charge in [-0.2, -0.15) is 0 Å². The van der Waals surface area contributed by atoms with E-state index in [-0.39, 0.29) is 5.75 Å². The van der Waals surface area contributed by atoms with Crippen molar-refractivity contribution in [3.05, 3.63) is 24.0 Å².